The van der Waals surface area contributed by atoms with Crippen molar-refractivity contribution in [2.45, 2.75) is 13.8 Å². The van der Waals surface area contributed by atoms with Crippen LogP contribution < -0.4 is 5.32 Å². The highest BCUT2D eigenvalue weighted by Gasteiger charge is 2.35. The Balaban J connectivity index is 2.58. The van der Waals surface area contributed by atoms with E-state index in [1.165, 1.54) is 7.05 Å². The number of carbonyl (C=O) groups excluding carboxylic acids is 3. The van der Waals surface area contributed by atoms with Gasteiger partial charge in [0, 0.05) is 7.05 Å². The summed E-state index contributed by atoms with van der Waals surface area (Å²) in [7, 11) is 2.57. The molecular formula is C15H15N3O5S. The molecule has 1 aliphatic rings. The molecule has 8 nitrogen and oxygen atoms in total. The van der Waals surface area contributed by atoms with Crippen molar-refractivity contribution >= 4 is 34.2 Å². The van der Waals surface area contributed by atoms with Gasteiger partial charge in [0.2, 0.25) is 0 Å². The molecule has 126 valence electrons. The Morgan fingerprint density at radius 3 is 2.62 bits per heavy atom. The quantitative estimate of drug-likeness (QED) is 0.502. The first-order valence-corrected chi connectivity index (χ1v) is 7.77. The van der Waals surface area contributed by atoms with Gasteiger partial charge in [0.15, 0.2) is 5.57 Å². The summed E-state index contributed by atoms with van der Waals surface area (Å²) in [4.78, 5) is 37.8. The predicted octanol–water partition coefficient (Wildman–Crippen LogP) is 1.64. The van der Waals surface area contributed by atoms with Gasteiger partial charge in [-0.25, -0.2) is 9.59 Å². The van der Waals surface area contributed by atoms with Crippen LogP contribution >= 0.6 is 11.3 Å². The molecule has 1 amide bonds. The van der Waals surface area contributed by atoms with Crippen molar-refractivity contribution in [1.82, 2.24) is 4.90 Å². The van der Waals surface area contributed by atoms with E-state index in [0.29, 0.717) is 21.0 Å². The summed E-state index contributed by atoms with van der Waals surface area (Å²) >= 11 is 1.04. The molecule has 2 rings (SSSR count). The third-order valence-electron chi connectivity index (χ3n) is 3.43. The van der Waals surface area contributed by atoms with Crippen LogP contribution in [0.25, 0.3) is 0 Å². The molecule has 9 heteroatoms. The number of amides is 1. The summed E-state index contributed by atoms with van der Waals surface area (Å²) < 4.78 is 9.54. The van der Waals surface area contributed by atoms with Gasteiger partial charge in [-0.05, 0) is 19.4 Å². The molecule has 1 N–H and O–H groups in total. The zero-order chi connectivity index (χ0) is 18.0. The number of hydrogen-bond donors (Lipinski definition) is 1. The highest BCUT2D eigenvalue weighted by Crippen LogP contribution is 2.39. The van der Waals surface area contributed by atoms with Crippen LogP contribution in [-0.2, 0) is 14.3 Å². The van der Waals surface area contributed by atoms with E-state index in [1.54, 1.807) is 19.9 Å². The third kappa shape index (κ3) is 2.72. The van der Waals surface area contributed by atoms with Gasteiger partial charge in [0.05, 0.1) is 19.3 Å². The smallest absolute Gasteiger partial charge is 0.352 e. The fraction of sp³-hybridized carbons (Fsp3) is 0.333. The second kappa shape index (κ2) is 6.72. The Bertz CT molecular complexity index is 803. The molecule has 1 aromatic rings. The molecule has 2 heterocycles. The van der Waals surface area contributed by atoms with Gasteiger partial charge < -0.3 is 14.8 Å². The monoisotopic (exact) mass is 349 g/mol. The van der Waals surface area contributed by atoms with E-state index in [4.69, 9.17) is 4.74 Å². The molecule has 0 unspecified atom stereocenters. The van der Waals surface area contributed by atoms with E-state index in [1.807, 2.05) is 0 Å². The summed E-state index contributed by atoms with van der Waals surface area (Å²) in [6, 6.07) is 1.73. The summed E-state index contributed by atoms with van der Waals surface area (Å²) in [6.45, 7) is 3.55. The van der Waals surface area contributed by atoms with Crippen LogP contribution in [0.3, 0.4) is 0 Å². The molecule has 1 aromatic heterocycles. The van der Waals surface area contributed by atoms with Gasteiger partial charge >= 0.3 is 11.9 Å². The number of nitrogens with one attached hydrogen (secondary N) is 1. The van der Waals surface area contributed by atoms with Crippen molar-refractivity contribution in [3.8, 4) is 6.07 Å². The minimum absolute atomic E-state index is 0.0125. The van der Waals surface area contributed by atoms with E-state index in [-0.39, 0.29) is 18.0 Å². The Labute approximate surface area is 142 Å². The molecular weight excluding hydrogens is 334 g/mol. The molecule has 24 heavy (non-hydrogen) atoms. The van der Waals surface area contributed by atoms with E-state index in [9.17, 15) is 19.6 Å². The Hall–Kier alpha value is -2.86. The molecule has 0 spiro atoms. The highest BCUT2D eigenvalue weighted by molar-refractivity contribution is 7.18. The van der Waals surface area contributed by atoms with Crippen LogP contribution in [0.2, 0.25) is 0 Å². The molecule has 0 aliphatic carbocycles. The van der Waals surface area contributed by atoms with Crippen LogP contribution in [0.1, 0.15) is 32.5 Å². The van der Waals surface area contributed by atoms with E-state index in [2.05, 4.69) is 10.1 Å². The minimum Gasteiger partial charge on any atom is -0.465 e. The lowest BCUT2D eigenvalue weighted by atomic mass is 10.1. The molecule has 0 aromatic carbocycles. The van der Waals surface area contributed by atoms with Gasteiger partial charge in [-0.3, -0.25) is 9.69 Å². The number of hydrogen-bond acceptors (Lipinski definition) is 8. The first-order chi connectivity index (χ1) is 11.4. The molecule has 0 radical (unpaired) electrons. The fourth-order valence-corrected chi connectivity index (χ4v) is 3.33. The number of esters is 2. The Morgan fingerprint density at radius 2 is 2.08 bits per heavy atom. The molecule has 0 atom stereocenters. The van der Waals surface area contributed by atoms with E-state index in [0.717, 1.165) is 23.3 Å². The summed E-state index contributed by atoms with van der Waals surface area (Å²) in [5.41, 5.74) is 0.479. The van der Waals surface area contributed by atoms with Gasteiger partial charge in [-0.15, -0.1) is 11.3 Å². The topological polar surface area (TPSA) is 109 Å². The third-order valence-corrected chi connectivity index (χ3v) is 4.62. The lowest BCUT2D eigenvalue weighted by Crippen LogP contribution is -2.36. The number of thiophene rings is 1. The number of anilines is 1. The minimum atomic E-state index is -0.859. The van der Waals surface area contributed by atoms with Gasteiger partial charge in [-0.2, -0.15) is 5.26 Å². The van der Waals surface area contributed by atoms with Crippen molar-refractivity contribution in [3.63, 3.8) is 0 Å². The molecule has 0 saturated heterocycles. The van der Waals surface area contributed by atoms with Crippen molar-refractivity contribution in [2.75, 3.05) is 26.1 Å². The van der Waals surface area contributed by atoms with Crippen LogP contribution in [0, 0.1) is 18.3 Å². The zero-order valence-corrected chi connectivity index (χ0v) is 14.4. The Kier molecular flexibility index (Phi) is 4.90. The maximum absolute atomic E-state index is 12.6. The average Bonchev–Trinajstić information content (AvgIpc) is 2.89. The SMILES string of the molecule is CCOC(=O)c1sc2c(c1C)C(=O)N(C)/C(=C(/C#N)C(=O)OC)N2. The number of carbonyl (C=O) groups is 3. The number of methoxy groups -OCH3 is 1. The number of rotatable bonds is 3. The average molecular weight is 349 g/mol. The lowest BCUT2D eigenvalue weighted by molar-refractivity contribution is -0.135. The number of ether oxygens (including phenoxy) is 2. The first-order valence-electron chi connectivity index (χ1n) is 6.95. The second-order valence-corrected chi connectivity index (χ2v) is 5.82. The summed E-state index contributed by atoms with van der Waals surface area (Å²) in [6.07, 6.45) is 0. The zero-order valence-electron chi connectivity index (χ0n) is 13.6. The fourth-order valence-electron chi connectivity index (χ4n) is 2.24. The lowest BCUT2D eigenvalue weighted by Gasteiger charge is -2.27. The first kappa shape index (κ1) is 17.5. The summed E-state index contributed by atoms with van der Waals surface area (Å²) in [5, 5.41) is 12.4. The Morgan fingerprint density at radius 1 is 1.42 bits per heavy atom. The van der Waals surface area contributed by atoms with Crippen molar-refractivity contribution < 1.29 is 23.9 Å². The summed E-state index contributed by atoms with van der Waals surface area (Å²) in [5.74, 6) is -1.80. The maximum Gasteiger partial charge on any atom is 0.352 e. The van der Waals surface area contributed by atoms with E-state index < -0.39 is 17.8 Å². The number of fused-ring (bicyclic) bond motifs is 1. The molecule has 0 fully saturated rings. The van der Waals surface area contributed by atoms with Gasteiger partial charge in [0.25, 0.3) is 5.91 Å². The number of nitriles is 1. The largest absolute Gasteiger partial charge is 0.465 e. The van der Waals surface area contributed by atoms with Crippen molar-refractivity contribution in [1.29, 1.82) is 5.26 Å². The van der Waals surface area contributed by atoms with E-state index >= 15 is 0 Å². The second-order valence-electron chi connectivity index (χ2n) is 4.80. The maximum atomic E-state index is 12.6. The van der Waals surface area contributed by atoms with Crippen LogP contribution in [-0.4, -0.2) is 43.5 Å². The van der Waals surface area contributed by atoms with Gasteiger partial charge in [-0.1, -0.05) is 0 Å². The molecule has 0 saturated carbocycles. The van der Waals surface area contributed by atoms with Crippen LogP contribution in [0.15, 0.2) is 11.4 Å². The molecule has 0 bridgehead atoms. The molecule has 1 aliphatic heterocycles. The van der Waals surface area contributed by atoms with Gasteiger partial charge in [0.1, 0.15) is 21.8 Å². The van der Waals surface area contributed by atoms with Crippen molar-refractivity contribution in [2.24, 2.45) is 0 Å². The predicted molar refractivity (Wildman–Crippen MR) is 85.4 cm³/mol. The van der Waals surface area contributed by atoms with Crippen LogP contribution in [0.5, 0.6) is 0 Å². The standard InChI is InChI=1S/C15H15N3O5S/c1-5-23-15(21)10-7(2)9-12(24-10)17-11(18(3)13(9)19)8(6-16)14(20)22-4/h17H,5H2,1-4H3/b11-8-. The highest BCUT2D eigenvalue weighted by atomic mass is 32.1. The van der Waals surface area contributed by atoms with Crippen molar-refractivity contribution in [3.05, 3.63) is 27.4 Å². The van der Waals surface area contributed by atoms with Crippen LogP contribution in [0.4, 0.5) is 5.00 Å². The number of nitrogens with zero attached hydrogens (tertiary/aromatic N) is 2. The normalized spacial score (nSPS) is 15.1.